The second-order valence-electron chi connectivity index (χ2n) is 4.10. The summed E-state index contributed by atoms with van der Waals surface area (Å²) < 4.78 is 0. The van der Waals surface area contributed by atoms with Gasteiger partial charge in [0.1, 0.15) is 0 Å². The van der Waals surface area contributed by atoms with E-state index < -0.39 is 0 Å². The van der Waals surface area contributed by atoms with Crippen LogP contribution in [-0.4, -0.2) is 5.91 Å². The van der Waals surface area contributed by atoms with Gasteiger partial charge < -0.3 is 5.32 Å². The molecular weight excluding hydrogens is 257 g/mol. The number of benzene rings is 1. The standard InChI is InChI=1S/C13H13Cl2NO/c14-11-7-6-10(8-12(11)15)16-13(17)9-4-2-1-3-5-9/h1-2,6-9H,3-5H2,(H,16,17). The fourth-order valence-electron chi connectivity index (χ4n) is 1.85. The molecule has 0 radical (unpaired) electrons. The Morgan fingerprint density at radius 1 is 1.24 bits per heavy atom. The predicted molar refractivity (Wildman–Crippen MR) is 71.6 cm³/mol. The van der Waals surface area contributed by atoms with E-state index in [-0.39, 0.29) is 11.8 Å². The van der Waals surface area contributed by atoms with E-state index in [0.717, 1.165) is 19.3 Å². The molecule has 1 unspecified atom stereocenters. The zero-order valence-electron chi connectivity index (χ0n) is 9.25. The second kappa shape index (κ2) is 5.56. The highest BCUT2D eigenvalue weighted by Gasteiger charge is 2.18. The van der Waals surface area contributed by atoms with Crippen molar-refractivity contribution in [3.63, 3.8) is 0 Å². The minimum Gasteiger partial charge on any atom is -0.326 e. The van der Waals surface area contributed by atoms with Crippen LogP contribution < -0.4 is 5.32 Å². The molecule has 1 aliphatic carbocycles. The number of nitrogens with one attached hydrogen (secondary N) is 1. The van der Waals surface area contributed by atoms with E-state index >= 15 is 0 Å². The van der Waals surface area contributed by atoms with E-state index in [4.69, 9.17) is 23.2 Å². The van der Waals surface area contributed by atoms with E-state index in [1.807, 2.05) is 0 Å². The van der Waals surface area contributed by atoms with E-state index in [9.17, 15) is 4.79 Å². The van der Waals surface area contributed by atoms with Gasteiger partial charge in [-0.15, -0.1) is 0 Å². The first kappa shape index (κ1) is 12.5. The van der Waals surface area contributed by atoms with Gasteiger partial charge in [-0.2, -0.15) is 0 Å². The van der Waals surface area contributed by atoms with Gasteiger partial charge in [0.2, 0.25) is 5.91 Å². The maximum absolute atomic E-state index is 11.9. The Bertz CT molecular complexity index is 457. The maximum atomic E-state index is 11.9. The third-order valence-electron chi connectivity index (χ3n) is 2.83. The highest BCUT2D eigenvalue weighted by atomic mass is 35.5. The van der Waals surface area contributed by atoms with Crippen molar-refractivity contribution in [1.29, 1.82) is 0 Å². The van der Waals surface area contributed by atoms with Gasteiger partial charge in [0.15, 0.2) is 0 Å². The first-order chi connectivity index (χ1) is 8.16. The largest absolute Gasteiger partial charge is 0.326 e. The van der Waals surface area contributed by atoms with Gasteiger partial charge in [0.05, 0.1) is 10.0 Å². The van der Waals surface area contributed by atoms with Gasteiger partial charge in [-0.1, -0.05) is 35.4 Å². The van der Waals surface area contributed by atoms with Gasteiger partial charge in [0.25, 0.3) is 0 Å². The number of amides is 1. The summed E-state index contributed by atoms with van der Waals surface area (Å²) in [6, 6.07) is 5.10. The number of halogens is 2. The first-order valence-electron chi connectivity index (χ1n) is 5.58. The Balaban J connectivity index is 2.02. The van der Waals surface area contributed by atoms with Gasteiger partial charge in [-0.3, -0.25) is 4.79 Å². The molecule has 0 fully saturated rings. The van der Waals surface area contributed by atoms with Crippen molar-refractivity contribution in [1.82, 2.24) is 0 Å². The van der Waals surface area contributed by atoms with Crippen LogP contribution in [0.15, 0.2) is 30.4 Å². The lowest BCUT2D eigenvalue weighted by Crippen LogP contribution is -2.23. The van der Waals surface area contributed by atoms with Gasteiger partial charge >= 0.3 is 0 Å². The average Bonchev–Trinajstić information content (AvgIpc) is 2.35. The molecule has 1 amide bonds. The zero-order chi connectivity index (χ0) is 12.3. The van der Waals surface area contributed by atoms with Crippen molar-refractivity contribution < 1.29 is 4.79 Å². The molecule has 1 aliphatic rings. The number of allylic oxidation sites excluding steroid dienone is 2. The summed E-state index contributed by atoms with van der Waals surface area (Å²) in [5.41, 5.74) is 0.693. The number of rotatable bonds is 2. The predicted octanol–water partition coefficient (Wildman–Crippen LogP) is 4.29. The summed E-state index contributed by atoms with van der Waals surface area (Å²) in [6.45, 7) is 0. The Morgan fingerprint density at radius 3 is 2.71 bits per heavy atom. The number of hydrogen-bond acceptors (Lipinski definition) is 1. The van der Waals surface area contributed by atoms with E-state index in [0.29, 0.717) is 15.7 Å². The lowest BCUT2D eigenvalue weighted by atomic mass is 9.93. The Labute approximate surface area is 111 Å². The first-order valence-corrected chi connectivity index (χ1v) is 6.33. The zero-order valence-corrected chi connectivity index (χ0v) is 10.8. The third-order valence-corrected chi connectivity index (χ3v) is 3.57. The summed E-state index contributed by atoms with van der Waals surface area (Å²) in [5, 5.41) is 3.81. The van der Waals surface area contributed by atoms with E-state index in [1.165, 1.54) is 0 Å². The maximum Gasteiger partial charge on any atom is 0.227 e. The molecule has 0 aliphatic heterocycles. The van der Waals surface area contributed by atoms with Gasteiger partial charge in [-0.05, 0) is 37.5 Å². The highest BCUT2D eigenvalue weighted by Crippen LogP contribution is 2.26. The van der Waals surface area contributed by atoms with Crippen LogP contribution in [0.4, 0.5) is 5.69 Å². The molecule has 4 heteroatoms. The van der Waals surface area contributed by atoms with E-state index in [1.54, 1.807) is 18.2 Å². The summed E-state index contributed by atoms with van der Waals surface area (Å²) >= 11 is 11.7. The number of carbonyl (C=O) groups excluding carboxylic acids is 1. The molecule has 0 aromatic heterocycles. The lowest BCUT2D eigenvalue weighted by Gasteiger charge is -2.17. The number of carbonyl (C=O) groups is 1. The Morgan fingerprint density at radius 2 is 2.06 bits per heavy atom. The molecule has 17 heavy (non-hydrogen) atoms. The van der Waals surface area contributed by atoms with Crippen molar-refractivity contribution in [2.24, 2.45) is 5.92 Å². The van der Waals surface area contributed by atoms with Gasteiger partial charge in [-0.25, -0.2) is 0 Å². The normalized spacial score (nSPS) is 19.1. The minimum absolute atomic E-state index is 0.0488. The van der Waals surface area contributed by atoms with Crippen LogP contribution >= 0.6 is 23.2 Å². The smallest absolute Gasteiger partial charge is 0.227 e. The van der Waals surface area contributed by atoms with Crippen LogP contribution in [0, 0.1) is 5.92 Å². The topological polar surface area (TPSA) is 29.1 Å². The molecule has 0 heterocycles. The summed E-state index contributed by atoms with van der Waals surface area (Å²) in [7, 11) is 0. The quantitative estimate of drug-likeness (QED) is 0.798. The molecule has 1 N–H and O–H groups in total. The van der Waals surface area contributed by atoms with Crippen molar-refractivity contribution in [3.8, 4) is 0 Å². The van der Waals surface area contributed by atoms with Crippen molar-refractivity contribution in [2.75, 3.05) is 5.32 Å². The SMILES string of the molecule is O=C(Nc1ccc(Cl)c(Cl)c1)C1CC=CCC1. The van der Waals surface area contributed by atoms with Crippen LogP contribution in [0.2, 0.25) is 10.0 Å². The number of anilines is 1. The second-order valence-corrected chi connectivity index (χ2v) is 4.91. The van der Waals surface area contributed by atoms with Crippen LogP contribution in [0.5, 0.6) is 0 Å². The van der Waals surface area contributed by atoms with Gasteiger partial charge in [0, 0.05) is 11.6 Å². The van der Waals surface area contributed by atoms with Crippen molar-refractivity contribution in [2.45, 2.75) is 19.3 Å². The molecule has 2 nitrogen and oxygen atoms in total. The molecular formula is C13H13Cl2NO. The fourth-order valence-corrected chi connectivity index (χ4v) is 2.15. The average molecular weight is 270 g/mol. The third kappa shape index (κ3) is 3.24. The monoisotopic (exact) mass is 269 g/mol. The Hall–Kier alpha value is -0.990. The minimum atomic E-state index is 0.0488. The summed E-state index contributed by atoms with van der Waals surface area (Å²) in [6.07, 6.45) is 6.86. The van der Waals surface area contributed by atoms with Crippen LogP contribution in [0.3, 0.4) is 0 Å². The fraction of sp³-hybridized carbons (Fsp3) is 0.308. The Kier molecular flexibility index (Phi) is 4.08. The van der Waals surface area contributed by atoms with Crippen LogP contribution in [0.25, 0.3) is 0 Å². The van der Waals surface area contributed by atoms with Crippen molar-refractivity contribution >= 4 is 34.8 Å². The van der Waals surface area contributed by atoms with Crippen LogP contribution in [-0.2, 0) is 4.79 Å². The lowest BCUT2D eigenvalue weighted by molar-refractivity contribution is -0.120. The molecule has 0 bridgehead atoms. The molecule has 2 rings (SSSR count). The molecule has 1 aromatic rings. The summed E-state index contributed by atoms with van der Waals surface area (Å²) in [5.74, 6) is 0.113. The van der Waals surface area contributed by atoms with Crippen LogP contribution in [0.1, 0.15) is 19.3 Å². The molecule has 0 saturated heterocycles. The highest BCUT2D eigenvalue weighted by molar-refractivity contribution is 6.42. The molecule has 90 valence electrons. The van der Waals surface area contributed by atoms with Crippen molar-refractivity contribution in [3.05, 3.63) is 40.4 Å². The number of hydrogen-bond donors (Lipinski definition) is 1. The molecule has 1 atom stereocenters. The summed E-state index contributed by atoms with van der Waals surface area (Å²) in [4.78, 5) is 11.9. The molecule has 0 saturated carbocycles. The molecule has 0 spiro atoms. The molecule has 1 aromatic carbocycles. The van der Waals surface area contributed by atoms with E-state index in [2.05, 4.69) is 17.5 Å².